The van der Waals surface area contributed by atoms with E-state index in [2.05, 4.69) is 20.8 Å². The molecule has 1 fully saturated rings. The number of piperidine rings is 1. The minimum atomic E-state index is -0.361. The summed E-state index contributed by atoms with van der Waals surface area (Å²) in [4.78, 5) is 2.23. The van der Waals surface area contributed by atoms with Crippen LogP contribution in [0, 0.1) is 17.6 Å². The smallest absolute Gasteiger partial charge is 0.127 e. The molecule has 1 aliphatic heterocycles. The third kappa shape index (κ3) is 3.75. The van der Waals surface area contributed by atoms with Gasteiger partial charge in [0, 0.05) is 24.0 Å². The van der Waals surface area contributed by atoms with E-state index in [1.54, 1.807) is 0 Å². The molecule has 0 saturated carbocycles. The average Bonchev–Trinajstić information content (AvgIpc) is 2.35. The Morgan fingerprint density at radius 3 is 2.94 bits per heavy atom. The van der Waals surface area contributed by atoms with Gasteiger partial charge in [-0.3, -0.25) is 4.90 Å². The lowest BCUT2D eigenvalue weighted by molar-refractivity contribution is 0.164. The van der Waals surface area contributed by atoms with E-state index in [-0.39, 0.29) is 11.6 Å². The van der Waals surface area contributed by atoms with Crippen molar-refractivity contribution in [3.63, 3.8) is 0 Å². The van der Waals surface area contributed by atoms with Gasteiger partial charge >= 0.3 is 0 Å². The van der Waals surface area contributed by atoms with Gasteiger partial charge in [-0.15, -0.1) is 0 Å². The maximum absolute atomic E-state index is 13.6. The van der Waals surface area contributed by atoms with Crippen LogP contribution in [0.25, 0.3) is 0 Å². The summed E-state index contributed by atoms with van der Waals surface area (Å²) in [7, 11) is 0. The van der Waals surface area contributed by atoms with E-state index in [0.29, 0.717) is 18.0 Å². The van der Waals surface area contributed by atoms with Crippen molar-refractivity contribution in [2.45, 2.75) is 25.8 Å². The SMILES string of the molecule is Fc1ccc(F)c(CN2CCCC(CCBr)C2)c1. The van der Waals surface area contributed by atoms with E-state index in [1.165, 1.54) is 24.6 Å². The third-order valence-electron chi connectivity index (χ3n) is 3.52. The number of alkyl halides is 1. The number of halogens is 3. The minimum Gasteiger partial charge on any atom is -0.299 e. The molecule has 1 unspecified atom stereocenters. The minimum absolute atomic E-state index is 0.306. The highest BCUT2D eigenvalue weighted by Gasteiger charge is 2.20. The second kappa shape index (κ2) is 6.62. The van der Waals surface area contributed by atoms with E-state index < -0.39 is 0 Å². The van der Waals surface area contributed by atoms with Crippen molar-refractivity contribution in [2.75, 3.05) is 18.4 Å². The molecule has 0 radical (unpaired) electrons. The highest BCUT2D eigenvalue weighted by molar-refractivity contribution is 9.09. The average molecular weight is 318 g/mol. The zero-order valence-corrected chi connectivity index (χ0v) is 11.9. The van der Waals surface area contributed by atoms with Crippen molar-refractivity contribution >= 4 is 15.9 Å². The first kappa shape index (κ1) is 13.9. The molecule has 1 aliphatic rings. The molecule has 2 rings (SSSR count). The first-order valence-corrected chi connectivity index (χ1v) is 7.53. The number of nitrogens with zero attached hydrogens (tertiary/aromatic N) is 1. The van der Waals surface area contributed by atoms with E-state index in [9.17, 15) is 8.78 Å². The Hall–Kier alpha value is -0.480. The second-order valence-electron chi connectivity index (χ2n) is 4.96. The quantitative estimate of drug-likeness (QED) is 0.760. The summed E-state index contributed by atoms with van der Waals surface area (Å²) < 4.78 is 26.7. The molecular formula is C14H18BrF2N. The number of benzene rings is 1. The predicted molar refractivity (Wildman–Crippen MR) is 72.8 cm³/mol. The first-order chi connectivity index (χ1) is 8.69. The van der Waals surface area contributed by atoms with E-state index >= 15 is 0 Å². The van der Waals surface area contributed by atoms with Crippen LogP contribution in [-0.4, -0.2) is 23.3 Å². The molecule has 18 heavy (non-hydrogen) atoms. The fraction of sp³-hybridized carbons (Fsp3) is 0.571. The van der Waals surface area contributed by atoms with E-state index in [0.717, 1.165) is 31.3 Å². The number of hydrogen-bond donors (Lipinski definition) is 0. The fourth-order valence-corrected chi connectivity index (χ4v) is 3.24. The monoisotopic (exact) mass is 317 g/mol. The van der Waals surface area contributed by atoms with Crippen molar-refractivity contribution in [3.8, 4) is 0 Å². The molecular weight excluding hydrogens is 300 g/mol. The summed E-state index contributed by atoms with van der Waals surface area (Å²) in [5.74, 6) is 0.00850. The zero-order chi connectivity index (χ0) is 13.0. The van der Waals surface area contributed by atoms with Gasteiger partial charge in [-0.2, -0.15) is 0 Å². The lowest BCUT2D eigenvalue weighted by atomic mass is 9.95. The fourth-order valence-electron chi connectivity index (χ4n) is 2.59. The van der Waals surface area contributed by atoms with Crippen LogP contribution in [0.3, 0.4) is 0 Å². The summed E-state index contributed by atoms with van der Waals surface area (Å²) in [6.07, 6.45) is 3.55. The van der Waals surface area contributed by atoms with Gasteiger partial charge < -0.3 is 0 Å². The molecule has 100 valence electrons. The highest BCUT2D eigenvalue weighted by Crippen LogP contribution is 2.22. The second-order valence-corrected chi connectivity index (χ2v) is 5.75. The molecule has 0 amide bonds. The van der Waals surface area contributed by atoms with Crippen molar-refractivity contribution < 1.29 is 8.78 Å². The Morgan fingerprint density at radius 2 is 2.17 bits per heavy atom. The molecule has 1 atom stereocenters. The molecule has 0 aromatic heterocycles. The summed E-state index contributed by atoms with van der Waals surface area (Å²) in [5, 5.41) is 1.01. The summed E-state index contributed by atoms with van der Waals surface area (Å²) >= 11 is 3.46. The molecule has 0 spiro atoms. The number of rotatable bonds is 4. The summed E-state index contributed by atoms with van der Waals surface area (Å²) in [6, 6.07) is 3.69. The van der Waals surface area contributed by atoms with Crippen LogP contribution in [0.15, 0.2) is 18.2 Å². The summed E-state index contributed by atoms with van der Waals surface area (Å²) in [5.41, 5.74) is 0.467. The lowest BCUT2D eigenvalue weighted by Gasteiger charge is -2.32. The topological polar surface area (TPSA) is 3.24 Å². The van der Waals surface area contributed by atoms with Crippen LogP contribution in [0.5, 0.6) is 0 Å². The van der Waals surface area contributed by atoms with E-state index in [4.69, 9.17) is 0 Å². The lowest BCUT2D eigenvalue weighted by Crippen LogP contribution is -2.35. The maximum Gasteiger partial charge on any atom is 0.127 e. The molecule has 1 saturated heterocycles. The molecule has 1 aromatic rings. The van der Waals surface area contributed by atoms with Gasteiger partial charge in [0.15, 0.2) is 0 Å². The molecule has 0 bridgehead atoms. The normalized spacial score (nSPS) is 21.2. The molecule has 1 heterocycles. The Kier molecular flexibility index (Phi) is 5.13. The van der Waals surface area contributed by atoms with Gasteiger partial charge in [0.05, 0.1) is 0 Å². The van der Waals surface area contributed by atoms with Crippen molar-refractivity contribution in [2.24, 2.45) is 5.92 Å². The van der Waals surface area contributed by atoms with Crippen LogP contribution in [0.1, 0.15) is 24.8 Å². The molecule has 1 nitrogen and oxygen atoms in total. The van der Waals surface area contributed by atoms with E-state index in [1.807, 2.05) is 0 Å². The van der Waals surface area contributed by atoms with Crippen LogP contribution >= 0.6 is 15.9 Å². The van der Waals surface area contributed by atoms with Crippen molar-refractivity contribution in [3.05, 3.63) is 35.4 Å². The Labute approximate surface area is 115 Å². The van der Waals surface area contributed by atoms with Crippen LogP contribution < -0.4 is 0 Å². The predicted octanol–water partition coefficient (Wildman–Crippen LogP) is 3.96. The Morgan fingerprint density at radius 1 is 1.33 bits per heavy atom. The molecule has 1 aromatic carbocycles. The standard InChI is InChI=1S/C14H18BrF2N/c15-6-5-11-2-1-7-18(9-11)10-12-8-13(16)3-4-14(12)17/h3-4,8,11H,1-2,5-7,9-10H2. The highest BCUT2D eigenvalue weighted by atomic mass is 79.9. The first-order valence-electron chi connectivity index (χ1n) is 6.41. The van der Waals surface area contributed by atoms with Gasteiger partial charge in [-0.1, -0.05) is 15.9 Å². The molecule has 4 heteroatoms. The van der Waals surface area contributed by atoms with Gasteiger partial charge in [0.2, 0.25) is 0 Å². The molecule has 0 N–H and O–H groups in total. The van der Waals surface area contributed by atoms with Crippen molar-refractivity contribution in [1.29, 1.82) is 0 Å². The van der Waals surface area contributed by atoms with Crippen LogP contribution in [0.2, 0.25) is 0 Å². The number of hydrogen-bond acceptors (Lipinski definition) is 1. The maximum atomic E-state index is 13.6. The Bertz CT molecular complexity index is 395. The zero-order valence-electron chi connectivity index (χ0n) is 10.3. The van der Waals surface area contributed by atoms with Gasteiger partial charge in [-0.25, -0.2) is 8.78 Å². The van der Waals surface area contributed by atoms with Gasteiger partial charge in [0.25, 0.3) is 0 Å². The van der Waals surface area contributed by atoms with Crippen LogP contribution in [0.4, 0.5) is 8.78 Å². The largest absolute Gasteiger partial charge is 0.299 e. The number of likely N-dealkylation sites (tertiary alicyclic amines) is 1. The van der Waals surface area contributed by atoms with Crippen LogP contribution in [-0.2, 0) is 6.54 Å². The molecule has 0 aliphatic carbocycles. The van der Waals surface area contributed by atoms with Gasteiger partial charge in [0.1, 0.15) is 11.6 Å². The van der Waals surface area contributed by atoms with Gasteiger partial charge in [-0.05, 0) is 49.9 Å². The summed E-state index contributed by atoms with van der Waals surface area (Å²) in [6.45, 7) is 2.48. The Balaban J connectivity index is 1.98. The van der Waals surface area contributed by atoms with Crippen molar-refractivity contribution in [1.82, 2.24) is 4.90 Å². The third-order valence-corrected chi connectivity index (χ3v) is 3.98.